The molecule has 2 N–H and O–H groups in total. The average Bonchev–Trinajstić information content (AvgIpc) is 3.11. The van der Waals surface area contributed by atoms with Gasteiger partial charge in [-0.3, -0.25) is 9.52 Å². The molecule has 0 saturated heterocycles. The second-order valence-electron chi connectivity index (χ2n) is 5.33. The fraction of sp³-hybridized carbons (Fsp3) is 0.133. The fourth-order valence-corrected chi connectivity index (χ4v) is 3.95. The number of halogens is 1. The third kappa shape index (κ3) is 2.53. The minimum Gasteiger partial charge on any atom is -0.454 e. The lowest BCUT2D eigenvalue weighted by atomic mass is 10.2. The van der Waals surface area contributed by atoms with E-state index in [1.165, 1.54) is 24.3 Å². The summed E-state index contributed by atoms with van der Waals surface area (Å²) in [6, 6.07) is 7.42. The summed E-state index contributed by atoms with van der Waals surface area (Å²) in [5, 5.41) is 2.85. The van der Waals surface area contributed by atoms with E-state index < -0.39 is 10.0 Å². The van der Waals surface area contributed by atoms with Gasteiger partial charge in [0.1, 0.15) is 0 Å². The molecule has 2 aromatic carbocycles. The Bertz CT molecular complexity index is 974. The summed E-state index contributed by atoms with van der Waals surface area (Å²) in [6.07, 6.45) is 0.156. The highest BCUT2D eigenvalue weighted by Gasteiger charge is 2.24. The minimum atomic E-state index is -3.86. The normalized spacial score (nSPS) is 15.1. The van der Waals surface area contributed by atoms with Crippen LogP contribution in [-0.4, -0.2) is 21.1 Å². The zero-order chi connectivity index (χ0) is 16.9. The van der Waals surface area contributed by atoms with Crippen molar-refractivity contribution in [1.29, 1.82) is 0 Å². The highest BCUT2D eigenvalue weighted by Crippen LogP contribution is 2.40. The van der Waals surface area contributed by atoms with E-state index in [9.17, 15) is 13.2 Å². The molecule has 0 unspecified atom stereocenters. The first-order chi connectivity index (χ1) is 11.4. The van der Waals surface area contributed by atoms with Crippen molar-refractivity contribution in [3.8, 4) is 11.5 Å². The first-order valence-electron chi connectivity index (χ1n) is 6.97. The Labute approximate surface area is 142 Å². The third-order valence-electron chi connectivity index (χ3n) is 3.72. The van der Waals surface area contributed by atoms with Gasteiger partial charge in [0.05, 0.1) is 22.0 Å². The molecule has 124 valence electrons. The Hall–Kier alpha value is -2.45. The summed E-state index contributed by atoms with van der Waals surface area (Å²) in [5.41, 5.74) is 1.45. The molecule has 0 atom stereocenters. The maximum absolute atomic E-state index is 12.6. The zero-order valence-electron chi connectivity index (χ0n) is 12.1. The molecular weight excluding hydrogens is 356 g/mol. The monoisotopic (exact) mass is 366 g/mol. The Morgan fingerprint density at radius 3 is 2.67 bits per heavy atom. The van der Waals surface area contributed by atoms with Crippen LogP contribution in [-0.2, 0) is 21.2 Å². The van der Waals surface area contributed by atoms with Crippen molar-refractivity contribution in [3.05, 3.63) is 40.9 Å². The molecular formula is C15H11ClN2O5S. The molecule has 0 saturated carbocycles. The van der Waals surface area contributed by atoms with Crippen LogP contribution in [0.2, 0.25) is 5.02 Å². The first-order valence-corrected chi connectivity index (χ1v) is 8.83. The highest BCUT2D eigenvalue weighted by molar-refractivity contribution is 7.92. The second-order valence-corrected chi connectivity index (χ2v) is 7.42. The molecule has 24 heavy (non-hydrogen) atoms. The number of anilines is 2. The number of ether oxygens (including phenoxy) is 2. The van der Waals surface area contributed by atoms with Gasteiger partial charge in [-0.2, -0.15) is 0 Å². The molecule has 1 amide bonds. The number of carbonyl (C=O) groups excluding carboxylic acids is 1. The summed E-state index contributed by atoms with van der Waals surface area (Å²) in [6.45, 7) is 0.0632. The molecule has 9 heteroatoms. The molecule has 2 aromatic rings. The number of amides is 1. The number of sulfonamides is 1. The van der Waals surface area contributed by atoms with E-state index in [1.807, 2.05) is 0 Å². The van der Waals surface area contributed by atoms with Gasteiger partial charge < -0.3 is 14.8 Å². The summed E-state index contributed by atoms with van der Waals surface area (Å²) >= 11 is 6.10. The van der Waals surface area contributed by atoms with Gasteiger partial charge >= 0.3 is 0 Å². The van der Waals surface area contributed by atoms with Crippen LogP contribution in [0.3, 0.4) is 0 Å². The van der Waals surface area contributed by atoms with Crippen LogP contribution in [0, 0.1) is 0 Å². The molecule has 2 aliphatic heterocycles. The Morgan fingerprint density at radius 2 is 1.88 bits per heavy atom. The maximum atomic E-state index is 12.6. The van der Waals surface area contributed by atoms with Gasteiger partial charge in [-0.25, -0.2) is 8.42 Å². The Kier molecular flexibility index (Phi) is 3.33. The maximum Gasteiger partial charge on any atom is 0.261 e. The SMILES string of the molecule is O=C1Cc2cc(S(=O)(=O)Nc3cc4c(cc3Cl)OCO4)ccc2N1. The van der Waals surface area contributed by atoms with Crippen molar-refractivity contribution in [2.24, 2.45) is 0 Å². The number of benzene rings is 2. The predicted molar refractivity (Wildman–Crippen MR) is 87.2 cm³/mol. The average molecular weight is 367 g/mol. The largest absolute Gasteiger partial charge is 0.454 e. The Morgan fingerprint density at radius 1 is 1.12 bits per heavy atom. The van der Waals surface area contributed by atoms with Gasteiger partial charge in [0.25, 0.3) is 10.0 Å². The number of nitrogens with one attached hydrogen (secondary N) is 2. The van der Waals surface area contributed by atoms with Gasteiger partial charge in [0.2, 0.25) is 12.7 Å². The standard InChI is InChI=1S/C15H11ClN2O5S/c16-10-5-13-14(23-7-22-13)6-12(10)18-24(20,21)9-1-2-11-8(3-9)4-15(19)17-11/h1-3,5-6,18H,4,7H2,(H,17,19). The van der Waals surface area contributed by atoms with Crippen LogP contribution in [0.1, 0.15) is 5.56 Å². The molecule has 0 spiro atoms. The fourth-order valence-electron chi connectivity index (χ4n) is 2.57. The van der Waals surface area contributed by atoms with Crippen molar-refractivity contribution >= 4 is 38.9 Å². The molecule has 7 nitrogen and oxygen atoms in total. The van der Waals surface area contributed by atoms with Crippen LogP contribution < -0.4 is 19.5 Å². The van der Waals surface area contributed by atoms with Gasteiger partial charge in [-0.1, -0.05) is 11.6 Å². The van der Waals surface area contributed by atoms with E-state index in [2.05, 4.69) is 10.0 Å². The molecule has 2 heterocycles. The molecule has 0 bridgehead atoms. The van der Waals surface area contributed by atoms with E-state index in [4.69, 9.17) is 21.1 Å². The van der Waals surface area contributed by atoms with Gasteiger partial charge in [-0.15, -0.1) is 0 Å². The van der Waals surface area contributed by atoms with Crippen molar-refractivity contribution in [3.63, 3.8) is 0 Å². The molecule has 2 aliphatic rings. The van der Waals surface area contributed by atoms with Crippen LogP contribution in [0.15, 0.2) is 35.2 Å². The summed E-state index contributed by atoms with van der Waals surface area (Å²) in [4.78, 5) is 11.4. The van der Waals surface area contributed by atoms with Crippen LogP contribution in [0.4, 0.5) is 11.4 Å². The summed E-state index contributed by atoms with van der Waals surface area (Å²) < 4.78 is 38.0. The summed E-state index contributed by atoms with van der Waals surface area (Å²) in [5.74, 6) is 0.720. The van der Waals surface area contributed by atoms with Gasteiger partial charge in [0, 0.05) is 17.8 Å². The van der Waals surface area contributed by atoms with Crippen LogP contribution >= 0.6 is 11.6 Å². The lowest BCUT2D eigenvalue weighted by Gasteiger charge is -2.11. The Balaban J connectivity index is 1.67. The van der Waals surface area contributed by atoms with E-state index in [0.717, 1.165) is 0 Å². The van der Waals surface area contributed by atoms with Crippen molar-refractivity contribution in [1.82, 2.24) is 0 Å². The van der Waals surface area contributed by atoms with Gasteiger partial charge in [0.15, 0.2) is 11.5 Å². The number of hydrogen-bond donors (Lipinski definition) is 2. The quantitative estimate of drug-likeness (QED) is 0.869. The number of carbonyl (C=O) groups is 1. The van der Waals surface area contributed by atoms with E-state index in [-0.39, 0.29) is 34.7 Å². The smallest absolute Gasteiger partial charge is 0.261 e. The lowest BCUT2D eigenvalue weighted by molar-refractivity contribution is -0.115. The molecule has 0 aliphatic carbocycles. The second kappa shape index (κ2) is 5.29. The van der Waals surface area contributed by atoms with Crippen molar-refractivity contribution in [2.75, 3.05) is 16.8 Å². The van der Waals surface area contributed by atoms with Crippen molar-refractivity contribution in [2.45, 2.75) is 11.3 Å². The lowest BCUT2D eigenvalue weighted by Crippen LogP contribution is -2.13. The van der Waals surface area contributed by atoms with E-state index in [1.54, 1.807) is 6.07 Å². The van der Waals surface area contributed by atoms with Crippen LogP contribution in [0.5, 0.6) is 11.5 Å². The molecule has 4 rings (SSSR count). The van der Waals surface area contributed by atoms with E-state index >= 15 is 0 Å². The topological polar surface area (TPSA) is 93.7 Å². The third-order valence-corrected chi connectivity index (χ3v) is 5.39. The van der Waals surface area contributed by atoms with Crippen LogP contribution in [0.25, 0.3) is 0 Å². The minimum absolute atomic E-state index is 0.0477. The molecule has 0 radical (unpaired) electrons. The highest BCUT2D eigenvalue weighted by atomic mass is 35.5. The summed E-state index contributed by atoms with van der Waals surface area (Å²) in [7, 11) is -3.86. The number of rotatable bonds is 3. The number of fused-ring (bicyclic) bond motifs is 2. The zero-order valence-corrected chi connectivity index (χ0v) is 13.7. The van der Waals surface area contributed by atoms with E-state index in [0.29, 0.717) is 22.7 Å². The first kappa shape index (κ1) is 15.1. The number of hydrogen-bond acceptors (Lipinski definition) is 5. The van der Waals surface area contributed by atoms with Crippen molar-refractivity contribution < 1.29 is 22.7 Å². The molecule has 0 fully saturated rings. The van der Waals surface area contributed by atoms with Gasteiger partial charge in [-0.05, 0) is 23.8 Å². The molecule has 0 aromatic heterocycles. The predicted octanol–water partition coefficient (Wildman–Crippen LogP) is 2.36.